The Kier molecular flexibility index (Phi) is 7.09. The normalized spacial score (nSPS) is 11.0. The van der Waals surface area contributed by atoms with E-state index in [0.717, 1.165) is 18.2 Å². The molecule has 30 heavy (non-hydrogen) atoms. The number of hydrogen-bond donors (Lipinski definition) is 0. The van der Waals surface area contributed by atoms with Gasteiger partial charge in [-0.05, 0) is 24.6 Å². The molecule has 0 heterocycles. The van der Waals surface area contributed by atoms with Crippen molar-refractivity contribution >= 4 is 11.6 Å². The number of rotatable bonds is 8. The van der Waals surface area contributed by atoms with Crippen molar-refractivity contribution in [1.29, 1.82) is 0 Å². The minimum atomic E-state index is -4.81. The summed E-state index contributed by atoms with van der Waals surface area (Å²) in [5, 5.41) is 11.4. The van der Waals surface area contributed by atoms with Gasteiger partial charge in [0.2, 0.25) is 0 Å². The van der Waals surface area contributed by atoms with Crippen molar-refractivity contribution in [3.63, 3.8) is 0 Å². The first-order valence-electron chi connectivity index (χ1n) is 8.65. The summed E-state index contributed by atoms with van der Waals surface area (Å²) < 4.78 is 51.0. The van der Waals surface area contributed by atoms with Gasteiger partial charge in [-0.15, -0.1) is 13.2 Å². The molecule has 0 saturated heterocycles. The van der Waals surface area contributed by atoms with Gasteiger partial charge in [-0.25, -0.2) is 0 Å². The van der Waals surface area contributed by atoms with Crippen LogP contribution in [-0.4, -0.2) is 42.9 Å². The van der Waals surface area contributed by atoms with Gasteiger partial charge >= 0.3 is 6.36 Å². The Bertz CT molecular complexity index is 916. The minimum absolute atomic E-state index is 0.00217. The fourth-order valence-electron chi connectivity index (χ4n) is 2.65. The van der Waals surface area contributed by atoms with Crippen LogP contribution in [0.25, 0.3) is 0 Å². The van der Waals surface area contributed by atoms with E-state index in [0.29, 0.717) is 5.56 Å². The van der Waals surface area contributed by atoms with Crippen molar-refractivity contribution in [3.05, 3.63) is 57.6 Å². The lowest BCUT2D eigenvalue weighted by Gasteiger charge is -2.19. The number of halogens is 3. The molecule has 8 nitrogen and oxygen atoms in total. The molecule has 2 aromatic carbocycles. The Labute approximate surface area is 169 Å². The summed E-state index contributed by atoms with van der Waals surface area (Å²) >= 11 is 0. The Morgan fingerprint density at radius 3 is 2.30 bits per heavy atom. The standard InChI is InChI=1S/C19H19F3N2O6/c1-4-29-17-10-15(24(26)27)14(9-16(17)28-3)18(25)23(2)11-12-5-7-13(8-6-12)30-19(20,21)22/h5-10H,4,11H2,1-3H3. The smallest absolute Gasteiger partial charge is 0.493 e. The number of ether oxygens (including phenoxy) is 3. The first-order valence-corrected chi connectivity index (χ1v) is 8.65. The number of carbonyl (C=O) groups excluding carboxylic acids is 1. The second-order valence-corrected chi connectivity index (χ2v) is 6.06. The molecule has 0 aliphatic heterocycles. The largest absolute Gasteiger partial charge is 0.573 e. The second-order valence-electron chi connectivity index (χ2n) is 6.06. The van der Waals surface area contributed by atoms with Gasteiger partial charge in [0.15, 0.2) is 11.5 Å². The molecule has 0 aliphatic carbocycles. The molecular weight excluding hydrogens is 409 g/mol. The van der Waals surface area contributed by atoms with Crippen LogP contribution in [0.1, 0.15) is 22.8 Å². The van der Waals surface area contributed by atoms with Crippen molar-refractivity contribution in [2.75, 3.05) is 20.8 Å². The molecule has 0 fully saturated rings. The predicted molar refractivity (Wildman–Crippen MR) is 99.7 cm³/mol. The lowest BCUT2D eigenvalue weighted by Crippen LogP contribution is -2.27. The number of carbonyl (C=O) groups is 1. The zero-order valence-electron chi connectivity index (χ0n) is 16.4. The van der Waals surface area contributed by atoms with Crippen LogP contribution in [0.5, 0.6) is 17.2 Å². The van der Waals surface area contributed by atoms with Gasteiger partial charge in [0, 0.05) is 19.7 Å². The summed E-state index contributed by atoms with van der Waals surface area (Å²) in [7, 11) is 2.75. The summed E-state index contributed by atoms with van der Waals surface area (Å²) in [4.78, 5) is 24.8. The van der Waals surface area contributed by atoms with Crippen LogP contribution in [0, 0.1) is 10.1 Å². The van der Waals surface area contributed by atoms with E-state index in [9.17, 15) is 28.1 Å². The third-order valence-electron chi connectivity index (χ3n) is 3.93. The number of nitrogens with zero attached hydrogens (tertiary/aromatic N) is 2. The van der Waals surface area contributed by atoms with Gasteiger partial charge in [-0.2, -0.15) is 0 Å². The lowest BCUT2D eigenvalue weighted by atomic mass is 10.1. The van der Waals surface area contributed by atoms with Gasteiger partial charge in [0.1, 0.15) is 11.3 Å². The number of nitro groups is 1. The highest BCUT2D eigenvalue weighted by Gasteiger charge is 2.31. The number of nitro benzene ring substituents is 1. The Morgan fingerprint density at radius 2 is 1.80 bits per heavy atom. The van der Waals surface area contributed by atoms with Crippen LogP contribution in [-0.2, 0) is 6.54 Å². The topological polar surface area (TPSA) is 91.1 Å². The maximum atomic E-state index is 12.8. The van der Waals surface area contributed by atoms with E-state index in [4.69, 9.17) is 9.47 Å². The van der Waals surface area contributed by atoms with Gasteiger partial charge in [0.25, 0.3) is 11.6 Å². The summed E-state index contributed by atoms with van der Waals surface area (Å²) in [6, 6.07) is 7.29. The van der Waals surface area contributed by atoms with Gasteiger partial charge < -0.3 is 19.1 Å². The Balaban J connectivity index is 2.25. The molecule has 162 valence electrons. The number of methoxy groups -OCH3 is 1. The second kappa shape index (κ2) is 9.33. The summed E-state index contributed by atoms with van der Waals surface area (Å²) in [5.41, 5.74) is -0.161. The molecule has 0 unspecified atom stereocenters. The van der Waals surface area contributed by atoms with Crippen LogP contribution in [0.2, 0.25) is 0 Å². The van der Waals surface area contributed by atoms with E-state index in [-0.39, 0.29) is 30.2 Å². The van der Waals surface area contributed by atoms with Gasteiger partial charge in [0.05, 0.1) is 24.7 Å². The highest BCUT2D eigenvalue weighted by atomic mass is 19.4. The van der Waals surface area contributed by atoms with Crippen molar-refractivity contribution in [3.8, 4) is 17.2 Å². The highest BCUT2D eigenvalue weighted by Crippen LogP contribution is 2.35. The van der Waals surface area contributed by atoms with E-state index in [1.807, 2.05) is 0 Å². The first-order chi connectivity index (χ1) is 14.1. The molecule has 0 aromatic heterocycles. The Hall–Kier alpha value is -3.50. The first kappa shape index (κ1) is 22.8. The molecule has 0 saturated carbocycles. The average molecular weight is 428 g/mol. The number of alkyl halides is 3. The van der Waals surface area contributed by atoms with E-state index in [1.54, 1.807) is 6.92 Å². The number of amides is 1. The minimum Gasteiger partial charge on any atom is -0.493 e. The molecule has 1 amide bonds. The quantitative estimate of drug-likeness (QED) is 0.463. The van der Waals surface area contributed by atoms with E-state index >= 15 is 0 Å². The van der Waals surface area contributed by atoms with Crippen LogP contribution < -0.4 is 14.2 Å². The number of benzene rings is 2. The maximum absolute atomic E-state index is 12.8. The lowest BCUT2D eigenvalue weighted by molar-refractivity contribution is -0.385. The van der Waals surface area contributed by atoms with Crippen LogP contribution in [0.15, 0.2) is 36.4 Å². The van der Waals surface area contributed by atoms with Crippen LogP contribution >= 0.6 is 0 Å². The maximum Gasteiger partial charge on any atom is 0.573 e. The average Bonchev–Trinajstić information content (AvgIpc) is 2.67. The molecule has 2 aromatic rings. The SMILES string of the molecule is CCOc1cc([N+](=O)[O-])c(C(=O)N(C)Cc2ccc(OC(F)(F)F)cc2)cc1OC. The van der Waals surface area contributed by atoms with Crippen molar-refractivity contribution in [1.82, 2.24) is 4.90 Å². The highest BCUT2D eigenvalue weighted by molar-refractivity contribution is 5.99. The fourth-order valence-corrected chi connectivity index (χ4v) is 2.65. The predicted octanol–water partition coefficient (Wildman–Crippen LogP) is 4.17. The molecule has 0 bridgehead atoms. The van der Waals surface area contributed by atoms with E-state index in [2.05, 4.69) is 4.74 Å². The van der Waals surface area contributed by atoms with Gasteiger partial charge in [-0.1, -0.05) is 12.1 Å². The molecule has 0 aliphatic rings. The number of hydrogen-bond acceptors (Lipinski definition) is 6. The van der Waals surface area contributed by atoms with Gasteiger partial charge in [-0.3, -0.25) is 14.9 Å². The Morgan fingerprint density at radius 1 is 1.17 bits per heavy atom. The zero-order chi connectivity index (χ0) is 22.5. The third-order valence-corrected chi connectivity index (χ3v) is 3.93. The molecule has 0 N–H and O–H groups in total. The zero-order valence-corrected chi connectivity index (χ0v) is 16.4. The summed E-state index contributed by atoms with van der Waals surface area (Å²) in [5.74, 6) is -0.773. The van der Waals surface area contributed by atoms with E-state index in [1.165, 1.54) is 37.3 Å². The third kappa shape index (κ3) is 5.75. The van der Waals surface area contributed by atoms with Crippen molar-refractivity contribution in [2.24, 2.45) is 0 Å². The molecule has 0 spiro atoms. The van der Waals surface area contributed by atoms with Crippen molar-refractivity contribution in [2.45, 2.75) is 19.8 Å². The van der Waals surface area contributed by atoms with Crippen LogP contribution in [0.3, 0.4) is 0 Å². The fraction of sp³-hybridized carbons (Fsp3) is 0.316. The molecule has 0 atom stereocenters. The summed E-state index contributed by atoms with van der Waals surface area (Å²) in [6.45, 7) is 1.94. The van der Waals surface area contributed by atoms with Crippen LogP contribution in [0.4, 0.5) is 18.9 Å². The molecule has 0 radical (unpaired) electrons. The molecule has 11 heteroatoms. The molecule has 2 rings (SSSR count). The molecular formula is C19H19F3N2O6. The van der Waals surface area contributed by atoms with Crippen molar-refractivity contribution < 1.29 is 37.1 Å². The monoisotopic (exact) mass is 428 g/mol. The summed E-state index contributed by atoms with van der Waals surface area (Å²) in [6.07, 6.45) is -4.81. The van der Waals surface area contributed by atoms with E-state index < -0.39 is 28.6 Å².